The molecular formula is C14H14ClNOS. The van der Waals surface area contributed by atoms with Crippen molar-refractivity contribution in [3.63, 3.8) is 0 Å². The smallest absolute Gasteiger partial charge is 0.122 e. The lowest BCUT2D eigenvalue weighted by Gasteiger charge is -2.08. The van der Waals surface area contributed by atoms with Gasteiger partial charge in [0.1, 0.15) is 5.75 Å². The highest BCUT2D eigenvalue weighted by Crippen LogP contribution is 2.30. The van der Waals surface area contributed by atoms with Crippen LogP contribution in [0.25, 0.3) is 0 Å². The maximum atomic E-state index is 5.89. The number of benzene rings is 2. The Morgan fingerprint density at radius 2 is 2.00 bits per heavy atom. The number of ether oxygens (including phenoxy) is 1. The zero-order chi connectivity index (χ0) is 13.0. The summed E-state index contributed by atoms with van der Waals surface area (Å²) in [5, 5.41) is 0.594. The lowest BCUT2D eigenvalue weighted by atomic mass is 10.2. The second-order valence-corrected chi connectivity index (χ2v) is 5.24. The summed E-state index contributed by atoms with van der Waals surface area (Å²) in [4.78, 5) is 1.10. The van der Waals surface area contributed by atoms with Crippen molar-refractivity contribution in [1.29, 1.82) is 0 Å². The molecule has 2 rings (SSSR count). The third kappa shape index (κ3) is 3.12. The molecule has 0 fully saturated rings. The summed E-state index contributed by atoms with van der Waals surface area (Å²) in [5.41, 5.74) is 7.55. The molecule has 0 spiro atoms. The van der Waals surface area contributed by atoms with Crippen LogP contribution >= 0.6 is 23.4 Å². The molecule has 0 aliphatic carbocycles. The first-order valence-electron chi connectivity index (χ1n) is 5.50. The Morgan fingerprint density at radius 1 is 1.22 bits per heavy atom. The van der Waals surface area contributed by atoms with Crippen LogP contribution in [-0.4, -0.2) is 7.11 Å². The van der Waals surface area contributed by atoms with Gasteiger partial charge in [0.05, 0.1) is 17.8 Å². The first-order chi connectivity index (χ1) is 8.70. The van der Waals surface area contributed by atoms with E-state index in [1.165, 1.54) is 5.56 Å². The highest BCUT2D eigenvalue weighted by Gasteiger charge is 2.04. The van der Waals surface area contributed by atoms with Gasteiger partial charge in [-0.15, -0.1) is 11.8 Å². The SMILES string of the molecule is COc1ccccc1CSc1ccc(Cl)c(N)c1. The predicted octanol–water partition coefficient (Wildman–Crippen LogP) is 4.22. The van der Waals surface area contributed by atoms with Crippen LogP contribution in [0.5, 0.6) is 5.75 Å². The fourth-order valence-electron chi connectivity index (χ4n) is 1.59. The van der Waals surface area contributed by atoms with E-state index < -0.39 is 0 Å². The molecule has 0 aliphatic rings. The van der Waals surface area contributed by atoms with E-state index in [1.54, 1.807) is 18.9 Å². The van der Waals surface area contributed by atoms with E-state index in [4.69, 9.17) is 22.1 Å². The Balaban J connectivity index is 2.09. The quantitative estimate of drug-likeness (QED) is 0.672. The van der Waals surface area contributed by atoms with Crippen LogP contribution in [0.1, 0.15) is 5.56 Å². The minimum Gasteiger partial charge on any atom is -0.496 e. The van der Waals surface area contributed by atoms with Crippen molar-refractivity contribution in [2.24, 2.45) is 0 Å². The van der Waals surface area contributed by atoms with Gasteiger partial charge in [-0.1, -0.05) is 29.8 Å². The lowest BCUT2D eigenvalue weighted by molar-refractivity contribution is 0.411. The molecule has 2 aromatic rings. The summed E-state index contributed by atoms with van der Waals surface area (Å²) in [7, 11) is 1.68. The highest BCUT2D eigenvalue weighted by atomic mass is 35.5. The molecule has 94 valence electrons. The molecule has 0 aliphatic heterocycles. The fraction of sp³-hybridized carbons (Fsp3) is 0.143. The summed E-state index contributed by atoms with van der Waals surface area (Å²) in [6.07, 6.45) is 0. The summed E-state index contributed by atoms with van der Waals surface area (Å²) >= 11 is 7.60. The molecule has 2 N–H and O–H groups in total. The summed E-state index contributed by atoms with van der Waals surface area (Å²) in [6.45, 7) is 0. The Morgan fingerprint density at radius 3 is 2.72 bits per heavy atom. The number of para-hydroxylation sites is 1. The second kappa shape index (κ2) is 6.03. The lowest BCUT2D eigenvalue weighted by Crippen LogP contribution is -1.90. The predicted molar refractivity (Wildman–Crippen MR) is 78.4 cm³/mol. The van der Waals surface area contributed by atoms with Gasteiger partial charge in [0.15, 0.2) is 0 Å². The van der Waals surface area contributed by atoms with Gasteiger partial charge in [-0.25, -0.2) is 0 Å². The van der Waals surface area contributed by atoms with E-state index in [0.717, 1.165) is 16.4 Å². The van der Waals surface area contributed by atoms with Gasteiger partial charge in [-0.2, -0.15) is 0 Å². The van der Waals surface area contributed by atoms with E-state index >= 15 is 0 Å². The van der Waals surface area contributed by atoms with Crippen LogP contribution in [0.2, 0.25) is 5.02 Å². The Labute approximate surface area is 116 Å². The van der Waals surface area contributed by atoms with Crippen LogP contribution in [0, 0.1) is 0 Å². The van der Waals surface area contributed by atoms with Crippen molar-refractivity contribution in [1.82, 2.24) is 0 Å². The average Bonchev–Trinajstić information content (AvgIpc) is 2.40. The number of halogens is 1. The van der Waals surface area contributed by atoms with Gasteiger partial charge in [0.2, 0.25) is 0 Å². The highest BCUT2D eigenvalue weighted by molar-refractivity contribution is 7.98. The molecule has 0 saturated heterocycles. The van der Waals surface area contributed by atoms with Gasteiger partial charge >= 0.3 is 0 Å². The summed E-state index contributed by atoms with van der Waals surface area (Å²) in [5.74, 6) is 1.75. The molecule has 0 unspecified atom stereocenters. The van der Waals surface area contributed by atoms with Crippen LogP contribution in [0.3, 0.4) is 0 Å². The molecule has 2 nitrogen and oxygen atoms in total. The second-order valence-electron chi connectivity index (χ2n) is 3.78. The molecule has 0 saturated carbocycles. The van der Waals surface area contributed by atoms with E-state index in [0.29, 0.717) is 10.7 Å². The number of nitrogens with two attached hydrogens (primary N) is 1. The van der Waals surface area contributed by atoms with Crippen molar-refractivity contribution in [2.45, 2.75) is 10.6 Å². The Bertz CT molecular complexity index is 545. The maximum Gasteiger partial charge on any atom is 0.122 e. The van der Waals surface area contributed by atoms with Gasteiger partial charge in [-0.05, 0) is 24.3 Å². The van der Waals surface area contributed by atoms with E-state index in [-0.39, 0.29) is 0 Å². The maximum absolute atomic E-state index is 5.89. The van der Waals surface area contributed by atoms with E-state index in [9.17, 15) is 0 Å². The molecule has 4 heteroatoms. The van der Waals surface area contributed by atoms with Crippen molar-refractivity contribution in [2.75, 3.05) is 12.8 Å². The van der Waals surface area contributed by atoms with Crippen molar-refractivity contribution in [3.05, 3.63) is 53.1 Å². The van der Waals surface area contributed by atoms with Crippen LogP contribution < -0.4 is 10.5 Å². The van der Waals surface area contributed by atoms with Gasteiger partial charge in [0, 0.05) is 16.2 Å². The largest absolute Gasteiger partial charge is 0.496 e. The van der Waals surface area contributed by atoms with Crippen molar-refractivity contribution < 1.29 is 4.74 Å². The molecule has 0 atom stereocenters. The number of anilines is 1. The number of hydrogen-bond donors (Lipinski definition) is 1. The summed E-state index contributed by atoms with van der Waals surface area (Å²) in [6, 6.07) is 13.7. The zero-order valence-electron chi connectivity index (χ0n) is 10.0. The molecule has 0 bridgehead atoms. The molecule has 18 heavy (non-hydrogen) atoms. The first-order valence-corrected chi connectivity index (χ1v) is 6.87. The van der Waals surface area contributed by atoms with E-state index in [2.05, 4.69) is 6.07 Å². The average molecular weight is 280 g/mol. The third-order valence-corrected chi connectivity index (χ3v) is 3.94. The molecule has 0 amide bonds. The standard InChI is InChI=1S/C14H14ClNOS/c1-17-14-5-3-2-4-10(14)9-18-11-6-7-12(15)13(16)8-11/h2-8H,9,16H2,1H3. The third-order valence-electron chi connectivity index (χ3n) is 2.55. The van der Waals surface area contributed by atoms with Gasteiger partial charge < -0.3 is 10.5 Å². The molecule has 0 heterocycles. The molecule has 0 radical (unpaired) electrons. The Kier molecular flexibility index (Phi) is 4.39. The van der Waals surface area contributed by atoms with Crippen LogP contribution in [0.15, 0.2) is 47.4 Å². The topological polar surface area (TPSA) is 35.2 Å². The molecular weight excluding hydrogens is 266 g/mol. The van der Waals surface area contributed by atoms with Crippen molar-refractivity contribution >= 4 is 29.1 Å². The number of hydrogen-bond acceptors (Lipinski definition) is 3. The fourth-order valence-corrected chi connectivity index (χ4v) is 2.65. The van der Waals surface area contributed by atoms with Crippen LogP contribution in [0.4, 0.5) is 5.69 Å². The minimum atomic E-state index is 0.594. The van der Waals surface area contributed by atoms with Crippen molar-refractivity contribution in [3.8, 4) is 5.75 Å². The monoisotopic (exact) mass is 279 g/mol. The van der Waals surface area contributed by atoms with Crippen LogP contribution in [-0.2, 0) is 5.75 Å². The molecule has 2 aromatic carbocycles. The first kappa shape index (κ1) is 13.1. The zero-order valence-corrected chi connectivity index (χ0v) is 11.6. The number of thioether (sulfide) groups is 1. The van der Waals surface area contributed by atoms with Gasteiger partial charge in [0.25, 0.3) is 0 Å². The number of rotatable bonds is 4. The number of nitrogen functional groups attached to an aromatic ring is 1. The van der Waals surface area contributed by atoms with Gasteiger partial charge in [-0.3, -0.25) is 0 Å². The number of methoxy groups -OCH3 is 1. The molecule has 0 aromatic heterocycles. The Hall–Kier alpha value is -1.32. The summed E-state index contributed by atoms with van der Waals surface area (Å²) < 4.78 is 5.32. The normalized spacial score (nSPS) is 10.3. The van der Waals surface area contributed by atoms with E-state index in [1.807, 2.05) is 36.4 Å². The minimum absolute atomic E-state index is 0.594.